The van der Waals surface area contributed by atoms with E-state index in [1.165, 1.54) is 18.1 Å². The van der Waals surface area contributed by atoms with Crippen LogP contribution >= 0.6 is 0 Å². The number of rotatable bonds is 5. The number of nitrogens with one attached hydrogen (secondary N) is 1. The molecule has 192 valence electrons. The number of para-hydroxylation sites is 1. The third-order valence-corrected chi connectivity index (χ3v) is 7.04. The lowest BCUT2D eigenvalue weighted by Crippen LogP contribution is -2.47. The van der Waals surface area contributed by atoms with Gasteiger partial charge in [-0.1, -0.05) is 24.3 Å². The first-order chi connectivity index (χ1) is 16.2. The van der Waals surface area contributed by atoms with Crippen molar-refractivity contribution in [3.63, 3.8) is 0 Å². The maximum atomic E-state index is 13.9. The predicted molar refractivity (Wildman–Crippen MR) is 125 cm³/mol. The van der Waals surface area contributed by atoms with Gasteiger partial charge >= 0.3 is 12.3 Å². The lowest BCUT2D eigenvalue weighted by molar-refractivity contribution is -0.139. The van der Waals surface area contributed by atoms with Crippen molar-refractivity contribution in [2.75, 3.05) is 20.2 Å². The van der Waals surface area contributed by atoms with E-state index in [0.29, 0.717) is 11.3 Å². The number of hydrogen-bond acceptors (Lipinski definition) is 5. The monoisotopic (exact) mass is 514 g/mol. The number of ether oxygens (including phenoxy) is 2. The lowest BCUT2D eigenvalue weighted by atomic mass is 10.0. The highest BCUT2D eigenvalue weighted by molar-refractivity contribution is 7.89. The van der Waals surface area contributed by atoms with Crippen LogP contribution in [-0.2, 0) is 20.9 Å². The Morgan fingerprint density at radius 3 is 2.26 bits per heavy atom. The minimum Gasteiger partial charge on any atom is -0.496 e. The smallest absolute Gasteiger partial charge is 0.417 e. The zero-order chi connectivity index (χ0) is 26.0. The number of likely N-dealkylation sites (tertiary alicyclic amines) is 1. The predicted octanol–water partition coefficient (Wildman–Crippen LogP) is 5.06. The minimum absolute atomic E-state index is 0.180. The van der Waals surface area contributed by atoms with Crippen molar-refractivity contribution in [2.45, 2.75) is 56.3 Å². The molecule has 0 unspecified atom stereocenters. The molecule has 7 nitrogen and oxygen atoms in total. The second-order valence-electron chi connectivity index (χ2n) is 9.27. The highest BCUT2D eigenvalue weighted by Gasteiger charge is 2.39. The Bertz CT molecular complexity index is 1170. The molecule has 35 heavy (non-hydrogen) atoms. The maximum Gasteiger partial charge on any atom is 0.417 e. The molecule has 0 atom stereocenters. The van der Waals surface area contributed by atoms with Crippen molar-refractivity contribution in [1.82, 2.24) is 9.62 Å². The van der Waals surface area contributed by atoms with Gasteiger partial charge in [-0.15, -0.1) is 0 Å². The molecule has 1 saturated heterocycles. The average Bonchev–Trinajstić information content (AvgIpc) is 2.77. The highest BCUT2D eigenvalue weighted by Crippen LogP contribution is 2.39. The molecule has 1 N–H and O–H groups in total. The molecule has 0 aromatic heterocycles. The molecule has 1 aliphatic rings. The Morgan fingerprint density at radius 2 is 1.69 bits per heavy atom. The molecular weight excluding hydrogens is 485 g/mol. The number of hydrogen-bond donors (Lipinski definition) is 1. The molecule has 11 heteroatoms. The van der Waals surface area contributed by atoms with Crippen molar-refractivity contribution in [3.8, 4) is 16.9 Å². The van der Waals surface area contributed by atoms with Crippen molar-refractivity contribution in [3.05, 3.63) is 48.0 Å². The molecule has 2 aromatic rings. The Labute approximate surface area is 203 Å². The van der Waals surface area contributed by atoms with E-state index < -0.39 is 44.4 Å². The molecule has 0 bridgehead atoms. The first kappa shape index (κ1) is 26.8. The summed E-state index contributed by atoms with van der Waals surface area (Å²) >= 11 is 0. The number of carbonyl (C=O) groups is 1. The lowest BCUT2D eigenvalue weighted by Gasteiger charge is -2.33. The first-order valence-corrected chi connectivity index (χ1v) is 12.5. The van der Waals surface area contributed by atoms with Gasteiger partial charge in [0.1, 0.15) is 11.4 Å². The Hall–Kier alpha value is -2.79. The summed E-state index contributed by atoms with van der Waals surface area (Å²) in [5, 5.41) is 0. The van der Waals surface area contributed by atoms with Crippen LogP contribution in [0.2, 0.25) is 0 Å². The average molecular weight is 515 g/mol. The summed E-state index contributed by atoms with van der Waals surface area (Å²) in [5.41, 5.74) is -1.34. The molecule has 1 heterocycles. The molecule has 1 aliphatic heterocycles. The number of carbonyl (C=O) groups excluding carboxylic acids is 1. The Balaban J connectivity index is 1.82. The first-order valence-electron chi connectivity index (χ1n) is 11.1. The summed E-state index contributed by atoms with van der Waals surface area (Å²) in [5.74, 6) is 0.367. The summed E-state index contributed by atoms with van der Waals surface area (Å²) in [6.07, 6.45) is -4.91. The van der Waals surface area contributed by atoms with Gasteiger partial charge in [-0.25, -0.2) is 17.9 Å². The number of halogens is 3. The molecule has 3 rings (SSSR count). The van der Waals surface area contributed by atoms with Crippen molar-refractivity contribution < 1.29 is 35.9 Å². The van der Waals surface area contributed by atoms with Gasteiger partial charge in [0.2, 0.25) is 10.0 Å². The quantitative estimate of drug-likeness (QED) is 0.603. The van der Waals surface area contributed by atoms with E-state index in [0.717, 1.165) is 12.1 Å². The number of nitrogens with zero attached hydrogens (tertiary/aromatic N) is 1. The van der Waals surface area contributed by atoms with Crippen LogP contribution in [0.25, 0.3) is 11.1 Å². The van der Waals surface area contributed by atoms with Gasteiger partial charge in [-0.2, -0.15) is 13.2 Å². The van der Waals surface area contributed by atoms with Crippen LogP contribution in [0.3, 0.4) is 0 Å². The number of amides is 1. The molecular formula is C24H29F3N2O5S. The van der Waals surface area contributed by atoms with E-state index >= 15 is 0 Å². The molecule has 0 spiro atoms. The van der Waals surface area contributed by atoms with Crippen molar-refractivity contribution in [2.24, 2.45) is 0 Å². The number of methoxy groups -OCH3 is 1. The maximum absolute atomic E-state index is 13.9. The van der Waals surface area contributed by atoms with Crippen LogP contribution in [0.4, 0.5) is 18.0 Å². The van der Waals surface area contributed by atoms with Gasteiger partial charge < -0.3 is 14.4 Å². The van der Waals surface area contributed by atoms with Gasteiger partial charge in [-0.05, 0) is 57.4 Å². The summed E-state index contributed by atoms with van der Waals surface area (Å²) in [6, 6.07) is 9.03. The number of benzene rings is 2. The molecule has 1 fully saturated rings. The van der Waals surface area contributed by atoms with E-state index in [9.17, 15) is 26.4 Å². The normalized spacial score (nSPS) is 15.7. The van der Waals surface area contributed by atoms with E-state index in [4.69, 9.17) is 9.47 Å². The largest absolute Gasteiger partial charge is 0.496 e. The van der Waals surface area contributed by atoms with E-state index in [1.807, 2.05) is 0 Å². The highest BCUT2D eigenvalue weighted by atomic mass is 32.2. The van der Waals surface area contributed by atoms with Crippen LogP contribution in [-0.4, -0.2) is 51.3 Å². The minimum atomic E-state index is -4.90. The fourth-order valence-electron chi connectivity index (χ4n) is 3.83. The number of sulfonamides is 1. The Kier molecular flexibility index (Phi) is 7.71. The van der Waals surface area contributed by atoms with Crippen LogP contribution in [0.5, 0.6) is 5.75 Å². The number of alkyl halides is 3. The molecule has 1 amide bonds. The van der Waals surface area contributed by atoms with Gasteiger partial charge in [-0.3, -0.25) is 0 Å². The second-order valence-corrected chi connectivity index (χ2v) is 11.0. The van der Waals surface area contributed by atoms with Crippen LogP contribution < -0.4 is 9.46 Å². The molecule has 0 radical (unpaired) electrons. The fourth-order valence-corrected chi connectivity index (χ4v) is 5.34. The summed E-state index contributed by atoms with van der Waals surface area (Å²) in [7, 11) is -3.09. The van der Waals surface area contributed by atoms with E-state index in [-0.39, 0.29) is 31.5 Å². The third-order valence-electron chi connectivity index (χ3n) is 5.46. The van der Waals surface area contributed by atoms with Gasteiger partial charge in [0.25, 0.3) is 0 Å². The zero-order valence-corrected chi connectivity index (χ0v) is 20.8. The Morgan fingerprint density at radius 1 is 1.06 bits per heavy atom. The van der Waals surface area contributed by atoms with Crippen LogP contribution in [0, 0.1) is 0 Å². The summed E-state index contributed by atoms with van der Waals surface area (Å²) in [6.45, 7) is 5.66. The van der Waals surface area contributed by atoms with Gasteiger partial charge in [0, 0.05) is 24.7 Å². The molecule has 0 aliphatic carbocycles. The number of piperidine rings is 1. The molecule has 2 aromatic carbocycles. The molecule has 0 saturated carbocycles. The van der Waals surface area contributed by atoms with Crippen LogP contribution in [0.1, 0.15) is 39.2 Å². The van der Waals surface area contributed by atoms with Crippen molar-refractivity contribution in [1.29, 1.82) is 0 Å². The van der Waals surface area contributed by atoms with Gasteiger partial charge in [0.15, 0.2) is 0 Å². The van der Waals surface area contributed by atoms with Crippen LogP contribution in [0.15, 0.2) is 47.4 Å². The third kappa shape index (κ3) is 6.66. The van der Waals surface area contributed by atoms with E-state index in [2.05, 4.69) is 4.72 Å². The standard InChI is InChI=1S/C24H29F3N2O5S/c1-23(2,3)34-22(30)29-13-11-17(12-14-29)28-35(31,32)21-10-9-16(15-19(21)24(25,26)27)18-7-5-6-8-20(18)33-4/h5-10,15,17,28H,11-14H2,1-4H3. The van der Waals surface area contributed by atoms with E-state index in [1.54, 1.807) is 45.0 Å². The summed E-state index contributed by atoms with van der Waals surface area (Å²) in [4.78, 5) is 12.8. The second kappa shape index (κ2) is 10.1. The fraction of sp³-hybridized carbons (Fsp3) is 0.458. The van der Waals surface area contributed by atoms with Gasteiger partial charge in [0.05, 0.1) is 17.6 Å². The van der Waals surface area contributed by atoms with Crippen molar-refractivity contribution >= 4 is 16.1 Å². The topological polar surface area (TPSA) is 84.9 Å². The zero-order valence-electron chi connectivity index (χ0n) is 20.0. The SMILES string of the molecule is COc1ccccc1-c1ccc(S(=O)(=O)NC2CCN(C(=O)OC(C)(C)C)CC2)c(C(F)(F)F)c1. The summed E-state index contributed by atoms with van der Waals surface area (Å²) < 4.78 is 80.7.